The lowest BCUT2D eigenvalue weighted by molar-refractivity contribution is -0.121. The summed E-state index contributed by atoms with van der Waals surface area (Å²) in [6.07, 6.45) is 8.94. The summed E-state index contributed by atoms with van der Waals surface area (Å²) >= 11 is 0. The molecule has 1 aliphatic carbocycles. The molecular weight excluding hydrogens is 276 g/mol. The van der Waals surface area contributed by atoms with E-state index in [1.807, 2.05) is 0 Å². The monoisotopic (exact) mass is 310 g/mol. The van der Waals surface area contributed by atoms with E-state index in [1.54, 1.807) is 7.05 Å². The molecule has 0 aromatic rings. The summed E-state index contributed by atoms with van der Waals surface area (Å²) in [5.41, 5.74) is 0. The molecule has 0 unspecified atom stereocenters. The molecule has 3 N–H and O–H groups in total. The average molecular weight is 310 g/mol. The first-order chi connectivity index (χ1) is 10.6. The molecule has 0 aromatic carbocycles. The maximum Gasteiger partial charge on any atom is 0.221 e. The highest BCUT2D eigenvalue weighted by Gasteiger charge is 2.15. The second-order valence-electron chi connectivity index (χ2n) is 6.61. The number of aliphatic imine (C=N–C) groups is 1. The molecule has 1 aliphatic rings. The van der Waals surface area contributed by atoms with E-state index in [0.717, 1.165) is 37.7 Å². The highest BCUT2D eigenvalue weighted by Crippen LogP contribution is 2.17. The van der Waals surface area contributed by atoms with E-state index >= 15 is 0 Å². The minimum absolute atomic E-state index is 0.148. The van der Waals surface area contributed by atoms with Crippen molar-refractivity contribution < 1.29 is 4.79 Å². The molecule has 1 saturated carbocycles. The third-order valence-electron chi connectivity index (χ3n) is 4.09. The number of guanidine groups is 1. The second-order valence-corrected chi connectivity index (χ2v) is 6.61. The minimum atomic E-state index is 0.148. The summed E-state index contributed by atoms with van der Waals surface area (Å²) in [6, 6.07) is 0.398. The SMILES string of the molecule is CN=C(NCCCC(C)C)NCCC(=O)NC1CCCCC1. The van der Waals surface area contributed by atoms with Crippen LogP contribution in [0.4, 0.5) is 0 Å². The van der Waals surface area contributed by atoms with Gasteiger partial charge in [0.25, 0.3) is 0 Å². The zero-order chi connectivity index (χ0) is 16.2. The Morgan fingerprint density at radius 1 is 1.14 bits per heavy atom. The summed E-state index contributed by atoms with van der Waals surface area (Å²) in [6.45, 7) is 6.02. The molecule has 22 heavy (non-hydrogen) atoms. The van der Waals surface area contributed by atoms with Gasteiger partial charge >= 0.3 is 0 Å². The van der Waals surface area contributed by atoms with Gasteiger partial charge in [-0.15, -0.1) is 0 Å². The van der Waals surface area contributed by atoms with Crippen LogP contribution in [0.1, 0.15) is 65.2 Å². The molecule has 0 spiro atoms. The second kappa shape index (κ2) is 11.3. The Kier molecular flexibility index (Phi) is 9.67. The molecule has 5 heteroatoms. The standard InChI is InChI=1S/C17H34N4O/c1-14(2)8-7-12-19-17(18-3)20-13-11-16(22)21-15-9-5-4-6-10-15/h14-15H,4-13H2,1-3H3,(H,21,22)(H2,18,19,20). The van der Waals surface area contributed by atoms with Crippen LogP contribution in [-0.4, -0.2) is 38.0 Å². The number of hydrogen-bond donors (Lipinski definition) is 3. The molecular formula is C17H34N4O. The lowest BCUT2D eigenvalue weighted by atomic mass is 9.95. The Morgan fingerprint density at radius 3 is 2.45 bits per heavy atom. The lowest BCUT2D eigenvalue weighted by Gasteiger charge is -2.22. The van der Waals surface area contributed by atoms with E-state index in [4.69, 9.17) is 0 Å². The van der Waals surface area contributed by atoms with Crippen molar-refractivity contribution in [2.75, 3.05) is 20.1 Å². The smallest absolute Gasteiger partial charge is 0.221 e. The zero-order valence-electron chi connectivity index (χ0n) is 14.6. The Balaban J connectivity index is 2.08. The molecule has 128 valence electrons. The number of carbonyl (C=O) groups is 1. The third kappa shape index (κ3) is 8.90. The summed E-state index contributed by atoms with van der Waals surface area (Å²) < 4.78 is 0. The van der Waals surface area contributed by atoms with Gasteiger partial charge in [-0.3, -0.25) is 9.79 Å². The Bertz CT molecular complexity index is 336. The van der Waals surface area contributed by atoms with Crippen molar-refractivity contribution in [1.82, 2.24) is 16.0 Å². The molecule has 5 nitrogen and oxygen atoms in total. The van der Waals surface area contributed by atoms with Crippen molar-refractivity contribution >= 4 is 11.9 Å². The normalized spacial score (nSPS) is 16.6. The van der Waals surface area contributed by atoms with E-state index < -0.39 is 0 Å². The van der Waals surface area contributed by atoms with Crippen LogP contribution in [0.15, 0.2) is 4.99 Å². The third-order valence-corrected chi connectivity index (χ3v) is 4.09. The number of nitrogens with zero attached hydrogens (tertiary/aromatic N) is 1. The predicted molar refractivity (Wildman–Crippen MR) is 93.1 cm³/mol. The fourth-order valence-electron chi connectivity index (χ4n) is 2.78. The van der Waals surface area contributed by atoms with E-state index in [-0.39, 0.29) is 5.91 Å². The highest BCUT2D eigenvalue weighted by molar-refractivity contribution is 5.81. The van der Waals surface area contributed by atoms with Crippen molar-refractivity contribution in [3.8, 4) is 0 Å². The van der Waals surface area contributed by atoms with E-state index in [0.29, 0.717) is 19.0 Å². The number of nitrogens with one attached hydrogen (secondary N) is 3. The molecule has 0 heterocycles. The number of hydrogen-bond acceptors (Lipinski definition) is 2. The topological polar surface area (TPSA) is 65.5 Å². The van der Waals surface area contributed by atoms with Crippen molar-refractivity contribution in [3.05, 3.63) is 0 Å². The molecule has 1 fully saturated rings. The maximum atomic E-state index is 11.9. The molecule has 1 amide bonds. The van der Waals surface area contributed by atoms with Crippen LogP contribution in [0.25, 0.3) is 0 Å². The Morgan fingerprint density at radius 2 is 1.82 bits per heavy atom. The minimum Gasteiger partial charge on any atom is -0.356 e. The Labute approximate surface area is 135 Å². The average Bonchev–Trinajstić information content (AvgIpc) is 2.50. The number of amides is 1. The fraction of sp³-hybridized carbons (Fsp3) is 0.882. The van der Waals surface area contributed by atoms with E-state index in [9.17, 15) is 4.79 Å². The van der Waals surface area contributed by atoms with Crippen LogP contribution in [0, 0.1) is 5.92 Å². The van der Waals surface area contributed by atoms with Gasteiger partial charge in [-0.05, 0) is 31.6 Å². The van der Waals surface area contributed by atoms with Crippen molar-refractivity contribution in [2.24, 2.45) is 10.9 Å². The molecule has 0 bridgehead atoms. The first-order valence-corrected chi connectivity index (χ1v) is 8.85. The molecule has 0 saturated heterocycles. The van der Waals surface area contributed by atoms with Crippen LogP contribution < -0.4 is 16.0 Å². The summed E-state index contributed by atoms with van der Waals surface area (Å²) in [5, 5.41) is 9.63. The number of rotatable bonds is 8. The first-order valence-electron chi connectivity index (χ1n) is 8.85. The van der Waals surface area contributed by atoms with Gasteiger partial charge in [-0.2, -0.15) is 0 Å². The van der Waals surface area contributed by atoms with Gasteiger partial charge in [0, 0.05) is 32.6 Å². The fourth-order valence-corrected chi connectivity index (χ4v) is 2.78. The predicted octanol–water partition coefficient (Wildman–Crippen LogP) is 2.43. The van der Waals surface area contributed by atoms with Crippen LogP contribution in [-0.2, 0) is 4.79 Å². The van der Waals surface area contributed by atoms with Gasteiger partial charge in [0.15, 0.2) is 5.96 Å². The van der Waals surface area contributed by atoms with Gasteiger partial charge in [0.1, 0.15) is 0 Å². The zero-order valence-corrected chi connectivity index (χ0v) is 14.6. The largest absolute Gasteiger partial charge is 0.356 e. The van der Waals surface area contributed by atoms with Gasteiger partial charge in [0.2, 0.25) is 5.91 Å². The van der Waals surface area contributed by atoms with E-state index in [1.165, 1.54) is 25.7 Å². The molecule has 1 rings (SSSR count). The van der Waals surface area contributed by atoms with Crippen molar-refractivity contribution in [3.63, 3.8) is 0 Å². The highest BCUT2D eigenvalue weighted by atomic mass is 16.1. The van der Waals surface area contributed by atoms with Crippen LogP contribution in [0.3, 0.4) is 0 Å². The quantitative estimate of drug-likeness (QED) is 0.366. The summed E-state index contributed by atoms with van der Waals surface area (Å²) in [5.74, 6) is 1.67. The molecule has 0 atom stereocenters. The summed E-state index contributed by atoms with van der Waals surface area (Å²) in [4.78, 5) is 16.1. The molecule has 0 aliphatic heterocycles. The summed E-state index contributed by atoms with van der Waals surface area (Å²) in [7, 11) is 1.76. The molecule has 0 radical (unpaired) electrons. The van der Waals surface area contributed by atoms with Gasteiger partial charge in [-0.1, -0.05) is 33.1 Å². The van der Waals surface area contributed by atoms with Gasteiger partial charge < -0.3 is 16.0 Å². The van der Waals surface area contributed by atoms with Crippen LogP contribution in [0.5, 0.6) is 0 Å². The van der Waals surface area contributed by atoms with Crippen LogP contribution in [0.2, 0.25) is 0 Å². The van der Waals surface area contributed by atoms with Crippen molar-refractivity contribution in [2.45, 2.75) is 71.3 Å². The first kappa shape index (κ1) is 18.8. The lowest BCUT2D eigenvalue weighted by Crippen LogP contribution is -2.41. The van der Waals surface area contributed by atoms with Gasteiger partial charge in [0.05, 0.1) is 0 Å². The van der Waals surface area contributed by atoms with E-state index in [2.05, 4.69) is 34.8 Å². The van der Waals surface area contributed by atoms with Crippen molar-refractivity contribution in [1.29, 1.82) is 0 Å². The van der Waals surface area contributed by atoms with Gasteiger partial charge in [-0.25, -0.2) is 0 Å². The number of carbonyl (C=O) groups excluding carboxylic acids is 1. The maximum absolute atomic E-state index is 11.9. The molecule has 0 aromatic heterocycles. The Hall–Kier alpha value is -1.26. The van der Waals surface area contributed by atoms with Crippen LogP contribution >= 0.6 is 0 Å².